The number of aromatic nitrogens is 4. The zero-order valence-electron chi connectivity index (χ0n) is 9.82. The molecule has 0 radical (unpaired) electrons. The van der Waals surface area contributed by atoms with Crippen molar-refractivity contribution in [2.45, 2.75) is 32.1 Å². The number of hydrogen-bond donors (Lipinski definition) is 3. The first-order chi connectivity index (χ1) is 8.31. The predicted molar refractivity (Wildman–Crippen MR) is 67.3 cm³/mol. The summed E-state index contributed by atoms with van der Waals surface area (Å²) in [6.45, 7) is 0.775. The molecule has 0 saturated carbocycles. The van der Waals surface area contributed by atoms with Gasteiger partial charge in [0.05, 0.1) is 0 Å². The summed E-state index contributed by atoms with van der Waals surface area (Å²) in [5.41, 5.74) is 12.6. The number of fused-ring (bicyclic) bond motifs is 1. The number of aryl methyl sites for hydroxylation is 1. The average molecular weight is 234 g/mol. The summed E-state index contributed by atoms with van der Waals surface area (Å²) in [6.07, 6.45) is 6.91. The van der Waals surface area contributed by atoms with E-state index in [-0.39, 0.29) is 0 Å². The normalized spacial score (nSPS) is 11.1. The van der Waals surface area contributed by atoms with Crippen molar-refractivity contribution < 1.29 is 0 Å². The van der Waals surface area contributed by atoms with Crippen molar-refractivity contribution in [1.82, 2.24) is 19.9 Å². The number of nitrogens with one attached hydrogen (secondary N) is 1. The number of nitrogen functional groups attached to an aromatic ring is 1. The van der Waals surface area contributed by atoms with Crippen molar-refractivity contribution >= 4 is 17.0 Å². The molecule has 0 aromatic carbocycles. The molecule has 0 amide bonds. The maximum Gasteiger partial charge on any atom is 0.183 e. The topological polar surface area (TPSA) is 106 Å². The number of hydrogen-bond acceptors (Lipinski definition) is 5. The summed E-state index contributed by atoms with van der Waals surface area (Å²) < 4.78 is 0. The highest BCUT2D eigenvalue weighted by atomic mass is 15.0. The second kappa shape index (κ2) is 5.58. The fourth-order valence-electron chi connectivity index (χ4n) is 1.80. The lowest BCUT2D eigenvalue weighted by Crippen LogP contribution is -1.98. The minimum absolute atomic E-state index is 0.455. The van der Waals surface area contributed by atoms with Gasteiger partial charge in [-0.15, -0.1) is 0 Å². The van der Waals surface area contributed by atoms with Crippen LogP contribution in [0.3, 0.4) is 0 Å². The number of unbranched alkanes of at least 4 members (excludes halogenated alkanes) is 3. The molecule has 2 rings (SSSR count). The Morgan fingerprint density at radius 1 is 1.12 bits per heavy atom. The van der Waals surface area contributed by atoms with E-state index in [9.17, 15) is 0 Å². The van der Waals surface area contributed by atoms with Gasteiger partial charge in [0.1, 0.15) is 17.7 Å². The summed E-state index contributed by atoms with van der Waals surface area (Å²) in [6, 6.07) is 0. The number of rotatable bonds is 6. The van der Waals surface area contributed by atoms with Gasteiger partial charge in [0.15, 0.2) is 11.5 Å². The quantitative estimate of drug-likeness (QED) is 0.646. The molecular weight excluding hydrogens is 216 g/mol. The second-order valence-electron chi connectivity index (χ2n) is 4.09. The molecule has 2 heterocycles. The molecule has 0 saturated heterocycles. The molecule has 5 N–H and O–H groups in total. The predicted octanol–water partition coefficient (Wildman–Crippen LogP) is 0.997. The third-order valence-electron chi connectivity index (χ3n) is 2.73. The second-order valence-corrected chi connectivity index (χ2v) is 4.09. The molecule has 17 heavy (non-hydrogen) atoms. The molecule has 0 spiro atoms. The van der Waals surface area contributed by atoms with E-state index in [2.05, 4.69) is 19.9 Å². The molecule has 0 bridgehead atoms. The van der Waals surface area contributed by atoms with E-state index in [0.29, 0.717) is 11.5 Å². The van der Waals surface area contributed by atoms with Crippen LogP contribution in [-0.2, 0) is 6.42 Å². The number of anilines is 1. The Labute approximate surface area is 99.9 Å². The van der Waals surface area contributed by atoms with E-state index >= 15 is 0 Å². The summed E-state index contributed by atoms with van der Waals surface area (Å²) in [4.78, 5) is 15.5. The van der Waals surface area contributed by atoms with Crippen LogP contribution in [0, 0.1) is 0 Å². The van der Waals surface area contributed by atoms with Crippen LogP contribution in [0.25, 0.3) is 11.2 Å². The lowest BCUT2D eigenvalue weighted by molar-refractivity contribution is 0.638. The smallest absolute Gasteiger partial charge is 0.183 e. The number of nitrogens with two attached hydrogens (primary N) is 2. The fourth-order valence-corrected chi connectivity index (χ4v) is 1.80. The third kappa shape index (κ3) is 2.91. The van der Waals surface area contributed by atoms with E-state index < -0.39 is 0 Å². The molecule has 0 fully saturated rings. The van der Waals surface area contributed by atoms with Crippen LogP contribution in [0.15, 0.2) is 6.33 Å². The fraction of sp³-hybridized carbons (Fsp3) is 0.545. The molecule has 2 aromatic rings. The number of nitrogens with zero attached hydrogens (tertiary/aromatic N) is 3. The molecule has 6 heteroatoms. The molecule has 0 aliphatic carbocycles. The van der Waals surface area contributed by atoms with Crippen LogP contribution in [-0.4, -0.2) is 26.5 Å². The first-order valence-electron chi connectivity index (χ1n) is 5.96. The van der Waals surface area contributed by atoms with Crippen LogP contribution < -0.4 is 11.5 Å². The minimum atomic E-state index is 0.455. The molecule has 0 atom stereocenters. The first-order valence-corrected chi connectivity index (χ1v) is 5.96. The maximum absolute atomic E-state index is 5.73. The van der Waals surface area contributed by atoms with Gasteiger partial charge in [-0.1, -0.05) is 12.8 Å². The summed E-state index contributed by atoms with van der Waals surface area (Å²) in [7, 11) is 0. The van der Waals surface area contributed by atoms with Crippen molar-refractivity contribution in [3.63, 3.8) is 0 Å². The monoisotopic (exact) mass is 234 g/mol. The molecule has 0 unspecified atom stereocenters. The zero-order chi connectivity index (χ0) is 12.1. The van der Waals surface area contributed by atoms with E-state index in [1.165, 1.54) is 19.2 Å². The van der Waals surface area contributed by atoms with Crippen LogP contribution >= 0.6 is 0 Å². The van der Waals surface area contributed by atoms with Gasteiger partial charge in [0.2, 0.25) is 0 Å². The van der Waals surface area contributed by atoms with Gasteiger partial charge in [-0.25, -0.2) is 15.0 Å². The SMILES string of the molecule is NCCCCCCc1nc2ncnc(N)c2[nH]1. The maximum atomic E-state index is 5.73. The summed E-state index contributed by atoms with van der Waals surface area (Å²) in [5.74, 6) is 1.39. The van der Waals surface area contributed by atoms with Crippen LogP contribution in [0.5, 0.6) is 0 Å². The highest BCUT2D eigenvalue weighted by Gasteiger charge is 2.06. The van der Waals surface area contributed by atoms with Gasteiger partial charge in [0.25, 0.3) is 0 Å². The Balaban J connectivity index is 1.93. The number of imidazole rings is 1. The van der Waals surface area contributed by atoms with Crippen LogP contribution in [0.2, 0.25) is 0 Å². The van der Waals surface area contributed by atoms with Gasteiger partial charge in [-0.2, -0.15) is 0 Å². The summed E-state index contributed by atoms with van der Waals surface area (Å²) >= 11 is 0. The van der Waals surface area contributed by atoms with Crippen LogP contribution in [0.1, 0.15) is 31.5 Å². The van der Waals surface area contributed by atoms with E-state index in [0.717, 1.165) is 37.1 Å². The van der Waals surface area contributed by atoms with Gasteiger partial charge in [0, 0.05) is 6.42 Å². The van der Waals surface area contributed by atoms with Crippen LogP contribution in [0.4, 0.5) is 5.82 Å². The Morgan fingerprint density at radius 2 is 1.94 bits per heavy atom. The third-order valence-corrected chi connectivity index (χ3v) is 2.73. The average Bonchev–Trinajstić information content (AvgIpc) is 2.73. The number of aromatic amines is 1. The first kappa shape index (κ1) is 11.8. The van der Waals surface area contributed by atoms with Crippen molar-refractivity contribution in [1.29, 1.82) is 0 Å². The van der Waals surface area contributed by atoms with Crippen molar-refractivity contribution in [3.05, 3.63) is 12.2 Å². The molecule has 0 aliphatic heterocycles. The molecule has 6 nitrogen and oxygen atoms in total. The van der Waals surface area contributed by atoms with Crippen molar-refractivity contribution in [2.75, 3.05) is 12.3 Å². The van der Waals surface area contributed by atoms with Crippen molar-refractivity contribution in [2.24, 2.45) is 5.73 Å². The lowest BCUT2D eigenvalue weighted by atomic mass is 10.1. The van der Waals surface area contributed by atoms with Gasteiger partial charge < -0.3 is 16.5 Å². The Morgan fingerprint density at radius 3 is 2.71 bits per heavy atom. The van der Waals surface area contributed by atoms with Gasteiger partial charge in [-0.05, 0) is 19.4 Å². The standard InChI is InChI=1S/C11H18N6/c12-6-4-2-1-3-5-8-16-9-10(13)14-7-15-11(9)17-8/h7H,1-6,12H2,(H3,13,14,15,16,17). The highest BCUT2D eigenvalue weighted by Crippen LogP contribution is 2.14. The van der Waals surface area contributed by atoms with Gasteiger partial charge >= 0.3 is 0 Å². The Bertz CT molecular complexity index is 478. The van der Waals surface area contributed by atoms with E-state index in [4.69, 9.17) is 11.5 Å². The highest BCUT2D eigenvalue weighted by molar-refractivity contribution is 5.80. The van der Waals surface area contributed by atoms with Crippen molar-refractivity contribution in [3.8, 4) is 0 Å². The molecule has 92 valence electrons. The van der Waals surface area contributed by atoms with Gasteiger partial charge in [-0.3, -0.25) is 0 Å². The Kier molecular flexibility index (Phi) is 3.87. The molecule has 2 aromatic heterocycles. The lowest BCUT2D eigenvalue weighted by Gasteiger charge is -1.97. The molecule has 0 aliphatic rings. The summed E-state index contributed by atoms with van der Waals surface area (Å²) in [5, 5.41) is 0. The minimum Gasteiger partial charge on any atom is -0.382 e. The zero-order valence-corrected chi connectivity index (χ0v) is 9.82. The largest absolute Gasteiger partial charge is 0.382 e. The number of H-pyrrole nitrogens is 1. The van der Waals surface area contributed by atoms with E-state index in [1.807, 2.05) is 0 Å². The van der Waals surface area contributed by atoms with E-state index in [1.54, 1.807) is 0 Å². The molecular formula is C11H18N6. The Hall–Kier alpha value is -1.69.